The molecule has 2 aromatic rings. The van der Waals surface area contributed by atoms with Gasteiger partial charge in [-0.05, 0) is 29.8 Å². The summed E-state index contributed by atoms with van der Waals surface area (Å²) in [5.74, 6) is 2.00. The van der Waals surface area contributed by atoms with E-state index in [4.69, 9.17) is 14.2 Å². The lowest BCUT2D eigenvalue weighted by molar-refractivity contribution is -0.122. The van der Waals surface area contributed by atoms with Crippen LogP contribution in [0.3, 0.4) is 0 Å². The Kier molecular flexibility index (Phi) is 4.25. The fourth-order valence-electron chi connectivity index (χ4n) is 2.01. The molecule has 1 heterocycles. The van der Waals surface area contributed by atoms with Crippen LogP contribution < -0.4 is 14.8 Å². The van der Waals surface area contributed by atoms with Crippen molar-refractivity contribution < 1.29 is 19.0 Å². The van der Waals surface area contributed by atoms with Gasteiger partial charge in [0, 0.05) is 6.54 Å². The normalized spacial score (nSPS) is 16.0. The maximum absolute atomic E-state index is 11.5. The van der Waals surface area contributed by atoms with Crippen molar-refractivity contribution in [2.75, 3.05) is 13.7 Å². The van der Waals surface area contributed by atoms with Crippen molar-refractivity contribution in [3.05, 3.63) is 54.1 Å². The van der Waals surface area contributed by atoms with E-state index in [0.29, 0.717) is 30.4 Å². The second-order valence-corrected chi connectivity index (χ2v) is 4.94. The van der Waals surface area contributed by atoms with Gasteiger partial charge in [-0.1, -0.05) is 24.3 Å². The van der Waals surface area contributed by atoms with E-state index in [1.807, 2.05) is 48.5 Å². The summed E-state index contributed by atoms with van der Waals surface area (Å²) in [4.78, 5) is 11.5. The van der Waals surface area contributed by atoms with Crippen LogP contribution in [0.15, 0.2) is 48.5 Å². The number of benzene rings is 2. The average molecular weight is 299 g/mol. The van der Waals surface area contributed by atoms with Crippen LogP contribution in [-0.2, 0) is 16.1 Å². The number of carbonyl (C=O) groups excluding carboxylic acids is 1. The first kappa shape index (κ1) is 14.4. The summed E-state index contributed by atoms with van der Waals surface area (Å²) in [6, 6.07) is 15.0. The molecular weight excluding hydrogens is 282 g/mol. The van der Waals surface area contributed by atoms with E-state index in [-0.39, 0.29) is 12.0 Å². The van der Waals surface area contributed by atoms with Gasteiger partial charge in [-0.2, -0.15) is 0 Å². The average Bonchev–Trinajstić information content (AvgIpc) is 3.39. The highest BCUT2D eigenvalue weighted by Gasteiger charge is 2.30. The van der Waals surface area contributed by atoms with Crippen molar-refractivity contribution in [1.82, 2.24) is 5.32 Å². The Balaban J connectivity index is 1.60. The van der Waals surface area contributed by atoms with Gasteiger partial charge >= 0.3 is 0 Å². The Bertz CT molecular complexity index is 650. The van der Waals surface area contributed by atoms with Crippen molar-refractivity contribution in [3.63, 3.8) is 0 Å². The first-order valence-corrected chi connectivity index (χ1v) is 7.05. The largest absolute Gasteiger partial charge is 0.493 e. The molecule has 5 nitrogen and oxygen atoms in total. The van der Waals surface area contributed by atoms with Gasteiger partial charge in [-0.3, -0.25) is 4.79 Å². The fourth-order valence-corrected chi connectivity index (χ4v) is 2.01. The van der Waals surface area contributed by atoms with Crippen molar-refractivity contribution in [1.29, 1.82) is 0 Å². The standard InChI is InChI=1S/C17H17NO4/c1-20-14-4-2-3-5-15(14)22-13-8-6-12(7-9-13)10-18-17(19)16-11-21-16/h2-9,16H,10-11H2,1H3,(H,18,19). The van der Waals surface area contributed by atoms with E-state index in [1.165, 1.54) is 0 Å². The quantitative estimate of drug-likeness (QED) is 0.833. The van der Waals surface area contributed by atoms with Crippen LogP contribution in [0.4, 0.5) is 0 Å². The smallest absolute Gasteiger partial charge is 0.251 e. The molecule has 1 aliphatic rings. The molecular formula is C17H17NO4. The van der Waals surface area contributed by atoms with Gasteiger partial charge < -0.3 is 19.5 Å². The highest BCUT2D eigenvalue weighted by Crippen LogP contribution is 2.30. The van der Waals surface area contributed by atoms with Gasteiger partial charge in [0.15, 0.2) is 17.6 Å². The zero-order valence-electron chi connectivity index (χ0n) is 12.2. The first-order chi connectivity index (χ1) is 10.8. The number of amides is 1. The Labute approximate surface area is 128 Å². The van der Waals surface area contributed by atoms with Gasteiger partial charge in [0.2, 0.25) is 0 Å². The molecule has 1 amide bonds. The number of carbonyl (C=O) groups is 1. The summed E-state index contributed by atoms with van der Waals surface area (Å²) in [6.45, 7) is 1.01. The molecule has 114 valence electrons. The van der Waals surface area contributed by atoms with Crippen molar-refractivity contribution >= 4 is 5.91 Å². The Morgan fingerprint density at radius 2 is 1.86 bits per heavy atom. The van der Waals surface area contributed by atoms with Crippen LogP contribution >= 0.6 is 0 Å². The summed E-state index contributed by atoms with van der Waals surface area (Å²) in [5, 5.41) is 2.82. The van der Waals surface area contributed by atoms with E-state index in [9.17, 15) is 4.79 Å². The molecule has 1 N–H and O–H groups in total. The third kappa shape index (κ3) is 3.56. The summed E-state index contributed by atoms with van der Waals surface area (Å²) >= 11 is 0. The topological polar surface area (TPSA) is 60.1 Å². The SMILES string of the molecule is COc1ccccc1Oc1ccc(CNC(=O)C2CO2)cc1. The zero-order valence-corrected chi connectivity index (χ0v) is 12.2. The summed E-state index contributed by atoms with van der Waals surface area (Å²) in [6.07, 6.45) is -0.256. The van der Waals surface area contributed by atoms with E-state index >= 15 is 0 Å². The van der Waals surface area contributed by atoms with E-state index in [0.717, 1.165) is 5.56 Å². The first-order valence-electron chi connectivity index (χ1n) is 7.05. The van der Waals surface area contributed by atoms with Gasteiger partial charge in [-0.25, -0.2) is 0 Å². The molecule has 0 aromatic heterocycles. The minimum atomic E-state index is -0.256. The number of ether oxygens (including phenoxy) is 3. The number of nitrogens with one attached hydrogen (secondary N) is 1. The molecule has 1 saturated heterocycles. The lowest BCUT2D eigenvalue weighted by Gasteiger charge is -2.10. The van der Waals surface area contributed by atoms with Crippen molar-refractivity contribution in [2.24, 2.45) is 0 Å². The highest BCUT2D eigenvalue weighted by molar-refractivity contribution is 5.82. The maximum Gasteiger partial charge on any atom is 0.251 e. The molecule has 0 spiro atoms. The molecule has 0 saturated carbocycles. The molecule has 0 radical (unpaired) electrons. The molecule has 22 heavy (non-hydrogen) atoms. The van der Waals surface area contributed by atoms with Crippen molar-refractivity contribution in [3.8, 4) is 17.2 Å². The van der Waals surface area contributed by atoms with Gasteiger partial charge in [-0.15, -0.1) is 0 Å². The monoisotopic (exact) mass is 299 g/mol. The summed E-state index contributed by atoms with van der Waals surface area (Å²) < 4.78 is 16.0. The van der Waals surface area contributed by atoms with Crippen LogP contribution in [0.2, 0.25) is 0 Å². The third-order valence-electron chi connectivity index (χ3n) is 3.31. The highest BCUT2D eigenvalue weighted by atomic mass is 16.6. The lowest BCUT2D eigenvalue weighted by atomic mass is 10.2. The zero-order chi connectivity index (χ0) is 15.4. The number of epoxide rings is 1. The molecule has 5 heteroatoms. The molecule has 0 bridgehead atoms. The van der Waals surface area contributed by atoms with Crippen LogP contribution in [0, 0.1) is 0 Å². The second kappa shape index (κ2) is 6.49. The number of rotatable bonds is 6. The van der Waals surface area contributed by atoms with Crippen LogP contribution in [-0.4, -0.2) is 25.7 Å². The van der Waals surface area contributed by atoms with E-state index < -0.39 is 0 Å². The fraction of sp³-hybridized carbons (Fsp3) is 0.235. The predicted molar refractivity (Wildman–Crippen MR) is 81.1 cm³/mol. The van der Waals surface area contributed by atoms with Gasteiger partial charge in [0.25, 0.3) is 5.91 Å². The molecule has 2 aromatic carbocycles. The van der Waals surface area contributed by atoms with Crippen LogP contribution in [0.1, 0.15) is 5.56 Å². The lowest BCUT2D eigenvalue weighted by Crippen LogP contribution is -2.27. The number of hydrogen-bond acceptors (Lipinski definition) is 4. The maximum atomic E-state index is 11.5. The van der Waals surface area contributed by atoms with Crippen LogP contribution in [0.5, 0.6) is 17.2 Å². The molecule has 0 aliphatic carbocycles. The third-order valence-corrected chi connectivity index (χ3v) is 3.31. The summed E-state index contributed by atoms with van der Waals surface area (Å²) in [5.41, 5.74) is 1.00. The molecule has 3 rings (SSSR count). The van der Waals surface area contributed by atoms with Crippen molar-refractivity contribution in [2.45, 2.75) is 12.6 Å². The second-order valence-electron chi connectivity index (χ2n) is 4.94. The molecule has 1 aliphatic heterocycles. The Morgan fingerprint density at radius 1 is 1.18 bits per heavy atom. The number of para-hydroxylation sites is 2. The minimum Gasteiger partial charge on any atom is -0.493 e. The molecule has 1 fully saturated rings. The predicted octanol–water partition coefficient (Wildman–Crippen LogP) is 2.50. The number of hydrogen-bond donors (Lipinski definition) is 1. The van der Waals surface area contributed by atoms with E-state index in [1.54, 1.807) is 7.11 Å². The minimum absolute atomic E-state index is 0.0608. The van der Waals surface area contributed by atoms with E-state index in [2.05, 4.69) is 5.32 Å². The molecule has 1 unspecified atom stereocenters. The van der Waals surface area contributed by atoms with Gasteiger partial charge in [0.05, 0.1) is 13.7 Å². The number of methoxy groups -OCH3 is 1. The summed E-state index contributed by atoms with van der Waals surface area (Å²) in [7, 11) is 1.61. The molecule has 1 atom stereocenters. The Hall–Kier alpha value is -2.53. The van der Waals surface area contributed by atoms with Crippen LogP contribution in [0.25, 0.3) is 0 Å². The van der Waals surface area contributed by atoms with Gasteiger partial charge in [0.1, 0.15) is 5.75 Å². The Morgan fingerprint density at radius 3 is 2.50 bits per heavy atom.